The molecule has 2 aromatic rings. The summed E-state index contributed by atoms with van der Waals surface area (Å²) in [5, 5.41) is 0. The molecule has 2 heteroatoms. The van der Waals surface area contributed by atoms with E-state index in [1.165, 1.54) is 12.7 Å². The van der Waals surface area contributed by atoms with Crippen LogP contribution in [0.25, 0.3) is 11.1 Å². The number of ether oxygens (including phenoxy) is 1. The fourth-order valence-corrected chi connectivity index (χ4v) is 1.99. The van der Waals surface area contributed by atoms with Gasteiger partial charge in [0.2, 0.25) is 0 Å². The summed E-state index contributed by atoms with van der Waals surface area (Å²) in [5.41, 5.74) is 4.13. The van der Waals surface area contributed by atoms with E-state index in [0.29, 0.717) is 5.56 Å². The fraction of sp³-hybridized carbons (Fsp3) is 0.188. The van der Waals surface area contributed by atoms with Crippen LogP contribution in [0.3, 0.4) is 0 Å². The maximum Gasteiger partial charge on any atom is 0.188 e. The zero-order valence-electron chi connectivity index (χ0n) is 10.6. The Morgan fingerprint density at radius 1 is 1.11 bits per heavy atom. The van der Waals surface area contributed by atoms with Crippen molar-refractivity contribution in [1.29, 1.82) is 0 Å². The van der Waals surface area contributed by atoms with E-state index in [2.05, 4.69) is 12.1 Å². The van der Waals surface area contributed by atoms with E-state index in [9.17, 15) is 4.79 Å². The van der Waals surface area contributed by atoms with Crippen molar-refractivity contribution in [3.63, 3.8) is 0 Å². The van der Waals surface area contributed by atoms with Gasteiger partial charge < -0.3 is 4.74 Å². The monoisotopic (exact) mass is 240 g/mol. The van der Waals surface area contributed by atoms with Gasteiger partial charge in [0.05, 0.1) is 0 Å². The van der Waals surface area contributed by atoms with Gasteiger partial charge in [-0.3, -0.25) is 4.79 Å². The van der Waals surface area contributed by atoms with Crippen LogP contribution in [-0.2, 0) is 4.74 Å². The average Bonchev–Trinajstić information content (AvgIpc) is 2.40. The van der Waals surface area contributed by atoms with Crippen molar-refractivity contribution in [2.75, 3.05) is 13.7 Å². The summed E-state index contributed by atoms with van der Waals surface area (Å²) in [5.74, 6) is 0.0141. The van der Waals surface area contributed by atoms with E-state index in [1.54, 1.807) is 0 Å². The van der Waals surface area contributed by atoms with Gasteiger partial charge in [-0.05, 0) is 29.7 Å². The van der Waals surface area contributed by atoms with Gasteiger partial charge in [0.1, 0.15) is 6.61 Å². The fourth-order valence-electron chi connectivity index (χ4n) is 1.99. The molecule has 2 aromatic carbocycles. The molecule has 0 aromatic heterocycles. The number of methoxy groups -OCH3 is 1. The summed E-state index contributed by atoms with van der Waals surface area (Å²) < 4.78 is 4.86. The van der Waals surface area contributed by atoms with Gasteiger partial charge in [0.25, 0.3) is 0 Å². The standard InChI is InChI=1S/C16H16O2/c1-12-10-14(16(17)11-18-2)8-9-15(12)13-6-4-3-5-7-13/h3-10H,11H2,1-2H3. The first kappa shape index (κ1) is 12.5. The topological polar surface area (TPSA) is 26.3 Å². The van der Waals surface area contributed by atoms with Crippen LogP contribution < -0.4 is 0 Å². The summed E-state index contributed by atoms with van der Waals surface area (Å²) in [6, 6.07) is 15.9. The van der Waals surface area contributed by atoms with Gasteiger partial charge in [-0.1, -0.05) is 42.5 Å². The number of rotatable bonds is 4. The predicted octanol–water partition coefficient (Wildman–Crippen LogP) is 3.49. The van der Waals surface area contributed by atoms with Crippen molar-refractivity contribution in [2.24, 2.45) is 0 Å². The Morgan fingerprint density at radius 2 is 1.83 bits per heavy atom. The summed E-state index contributed by atoms with van der Waals surface area (Å²) >= 11 is 0. The van der Waals surface area contributed by atoms with Crippen molar-refractivity contribution in [3.8, 4) is 11.1 Å². The van der Waals surface area contributed by atoms with Gasteiger partial charge >= 0.3 is 0 Å². The number of Topliss-reactive ketones (excluding diaryl/α,β-unsaturated/α-hetero) is 1. The highest BCUT2D eigenvalue weighted by Crippen LogP contribution is 2.24. The Bertz CT molecular complexity index is 544. The lowest BCUT2D eigenvalue weighted by atomic mass is 9.97. The lowest BCUT2D eigenvalue weighted by molar-refractivity contribution is 0.0848. The van der Waals surface area contributed by atoms with Crippen molar-refractivity contribution >= 4 is 5.78 Å². The SMILES string of the molecule is COCC(=O)c1ccc(-c2ccccc2)c(C)c1. The van der Waals surface area contributed by atoms with E-state index >= 15 is 0 Å². The molecule has 0 saturated heterocycles. The smallest absolute Gasteiger partial charge is 0.188 e. The molecule has 0 aliphatic carbocycles. The van der Waals surface area contributed by atoms with Crippen molar-refractivity contribution < 1.29 is 9.53 Å². The number of hydrogen-bond acceptors (Lipinski definition) is 2. The van der Waals surface area contributed by atoms with Crippen LogP contribution in [0.5, 0.6) is 0 Å². The molecule has 2 nitrogen and oxygen atoms in total. The second-order valence-corrected chi connectivity index (χ2v) is 4.25. The molecule has 92 valence electrons. The van der Waals surface area contributed by atoms with E-state index < -0.39 is 0 Å². The van der Waals surface area contributed by atoms with Crippen LogP contribution in [0.15, 0.2) is 48.5 Å². The van der Waals surface area contributed by atoms with Crippen LogP contribution in [-0.4, -0.2) is 19.5 Å². The molecule has 0 aliphatic heterocycles. The van der Waals surface area contributed by atoms with Crippen LogP contribution in [0.4, 0.5) is 0 Å². The molecule has 0 bridgehead atoms. The second kappa shape index (κ2) is 5.61. The molecule has 0 atom stereocenters. The Hall–Kier alpha value is -1.93. The zero-order chi connectivity index (χ0) is 13.0. The van der Waals surface area contributed by atoms with E-state index in [-0.39, 0.29) is 12.4 Å². The molecule has 0 saturated carbocycles. The van der Waals surface area contributed by atoms with E-state index in [1.807, 2.05) is 43.3 Å². The van der Waals surface area contributed by atoms with Crippen LogP contribution in [0, 0.1) is 6.92 Å². The Labute approximate surface area is 107 Å². The minimum Gasteiger partial charge on any atom is -0.377 e. The molecule has 0 amide bonds. The van der Waals surface area contributed by atoms with Gasteiger partial charge in [-0.25, -0.2) is 0 Å². The zero-order valence-corrected chi connectivity index (χ0v) is 10.6. The third-order valence-electron chi connectivity index (χ3n) is 2.91. The minimum atomic E-state index is 0.0141. The molecular weight excluding hydrogens is 224 g/mol. The molecule has 0 heterocycles. The first-order valence-corrected chi connectivity index (χ1v) is 5.90. The Balaban J connectivity index is 2.34. The largest absolute Gasteiger partial charge is 0.377 e. The number of carbonyl (C=O) groups excluding carboxylic acids is 1. The molecule has 2 rings (SSSR count). The number of ketones is 1. The summed E-state index contributed by atoms with van der Waals surface area (Å²) in [6.45, 7) is 2.15. The lowest BCUT2D eigenvalue weighted by Gasteiger charge is -2.08. The Kier molecular flexibility index (Phi) is 3.90. The molecular formula is C16H16O2. The first-order chi connectivity index (χ1) is 8.72. The molecule has 18 heavy (non-hydrogen) atoms. The van der Waals surface area contributed by atoms with Crippen molar-refractivity contribution in [2.45, 2.75) is 6.92 Å². The molecule has 0 radical (unpaired) electrons. The number of aryl methyl sites for hydroxylation is 1. The van der Waals surface area contributed by atoms with Gasteiger partial charge in [-0.15, -0.1) is 0 Å². The van der Waals surface area contributed by atoms with Crippen LogP contribution in [0.1, 0.15) is 15.9 Å². The number of hydrogen-bond donors (Lipinski definition) is 0. The molecule has 0 unspecified atom stereocenters. The van der Waals surface area contributed by atoms with Crippen molar-refractivity contribution in [3.05, 3.63) is 59.7 Å². The molecule has 0 N–H and O–H groups in total. The molecule has 0 spiro atoms. The molecule has 0 fully saturated rings. The normalized spacial score (nSPS) is 10.3. The van der Waals surface area contributed by atoms with Gasteiger partial charge in [0, 0.05) is 12.7 Å². The highest BCUT2D eigenvalue weighted by molar-refractivity contribution is 5.97. The molecule has 0 aliphatic rings. The second-order valence-electron chi connectivity index (χ2n) is 4.25. The highest BCUT2D eigenvalue weighted by Gasteiger charge is 2.08. The van der Waals surface area contributed by atoms with Crippen molar-refractivity contribution in [1.82, 2.24) is 0 Å². The summed E-state index contributed by atoms with van der Waals surface area (Å²) in [6.07, 6.45) is 0. The van der Waals surface area contributed by atoms with Gasteiger partial charge in [-0.2, -0.15) is 0 Å². The minimum absolute atomic E-state index is 0.0141. The third kappa shape index (κ3) is 2.66. The number of benzene rings is 2. The summed E-state index contributed by atoms with van der Waals surface area (Å²) in [7, 11) is 1.53. The summed E-state index contributed by atoms with van der Waals surface area (Å²) in [4.78, 5) is 11.7. The van der Waals surface area contributed by atoms with E-state index in [0.717, 1.165) is 11.1 Å². The average molecular weight is 240 g/mol. The lowest BCUT2D eigenvalue weighted by Crippen LogP contribution is -2.07. The van der Waals surface area contributed by atoms with Crippen LogP contribution in [0.2, 0.25) is 0 Å². The van der Waals surface area contributed by atoms with E-state index in [4.69, 9.17) is 4.74 Å². The first-order valence-electron chi connectivity index (χ1n) is 5.90. The number of carbonyl (C=O) groups is 1. The highest BCUT2D eigenvalue weighted by atomic mass is 16.5. The Morgan fingerprint density at radius 3 is 2.44 bits per heavy atom. The quantitative estimate of drug-likeness (QED) is 0.765. The maximum absolute atomic E-state index is 11.7. The predicted molar refractivity (Wildman–Crippen MR) is 72.8 cm³/mol. The van der Waals surface area contributed by atoms with Crippen LogP contribution >= 0.6 is 0 Å². The van der Waals surface area contributed by atoms with Gasteiger partial charge in [0.15, 0.2) is 5.78 Å². The maximum atomic E-state index is 11.7. The third-order valence-corrected chi connectivity index (χ3v) is 2.91.